The number of hydrogen-bond acceptors (Lipinski definition) is 4. The number of nitrogens with zero attached hydrogens (tertiary/aromatic N) is 5. The average molecular weight is 336 g/mol. The van der Waals surface area contributed by atoms with Crippen molar-refractivity contribution in [2.24, 2.45) is 0 Å². The first kappa shape index (κ1) is 15.6. The lowest BCUT2D eigenvalue weighted by atomic mass is 10.2. The molecule has 0 saturated carbocycles. The van der Waals surface area contributed by atoms with E-state index in [-0.39, 0.29) is 0 Å². The maximum Gasteiger partial charge on any atom is 0.181 e. The largest absolute Gasteiger partial charge is 0.383 e. The number of benzene rings is 1. The zero-order chi connectivity index (χ0) is 17.4. The molecule has 0 unspecified atom stereocenters. The van der Waals surface area contributed by atoms with E-state index in [1.54, 1.807) is 13.3 Å². The Morgan fingerprint density at radius 2 is 2.04 bits per heavy atom. The van der Waals surface area contributed by atoms with Gasteiger partial charge in [0.15, 0.2) is 17.3 Å². The van der Waals surface area contributed by atoms with E-state index in [0.29, 0.717) is 6.61 Å². The highest BCUT2D eigenvalue weighted by molar-refractivity contribution is 5.79. The number of fused-ring (bicyclic) bond motifs is 1. The Labute approximate surface area is 145 Å². The van der Waals surface area contributed by atoms with Gasteiger partial charge < -0.3 is 14.3 Å². The van der Waals surface area contributed by atoms with E-state index in [2.05, 4.69) is 34.1 Å². The zero-order valence-corrected chi connectivity index (χ0v) is 14.5. The summed E-state index contributed by atoms with van der Waals surface area (Å²) in [7, 11) is 1.69. The van der Waals surface area contributed by atoms with Crippen LogP contribution in [0.2, 0.25) is 0 Å². The summed E-state index contributed by atoms with van der Waals surface area (Å²) in [5, 5.41) is 4.65. The molecule has 4 aromatic rings. The highest BCUT2D eigenvalue weighted by Gasteiger charge is 2.18. The molecule has 0 amide bonds. The molecule has 1 aromatic carbocycles. The Morgan fingerprint density at radius 3 is 2.84 bits per heavy atom. The highest BCUT2D eigenvalue weighted by atomic mass is 16.5. The maximum absolute atomic E-state index is 5.17. The lowest BCUT2D eigenvalue weighted by molar-refractivity contribution is 0.187. The number of rotatable bonds is 5. The Kier molecular flexibility index (Phi) is 3.85. The molecule has 0 saturated heterocycles. The predicted octanol–water partition coefficient (Wildman–Crippen LogP) is 2.88. The first-order valence-corrected chi connectivity index (χ1v) is 8.21. The van der Waals surface area contributed by atoms with Crippen LogP contribution in [-0.2, 0) is 11.3 Å². The summed E-state index contributed by atoms with van der Waals surface area (Å²) in [6.45, 7) is 5.41. The van der Waals surface area contributed by atoms with Gasteiger partial charge in [0.1, 0.15) is 5.52 Å². The smallest absolute Gasteiger partial charge is 0.181 e. The Balaban J connectivity index is 1.83. The number of para-hydroxylation sites is 1. The molecular weight excluding hydrogens is 316 g/mol. The average Bonchev–Trinajstić information content (AvgIpc) is 3.30. The second kappa shape index (κ2) is 6.18. The molecule has 3 heterocycles. The van der Waals surface area contributed by atoms with Gasteiger partial charge in [0.05, 0.1) is 18.0 Å². The van der Waals surface area contributed by atoms with Gasteiger partial charge in [0.25, 0.3) is 0 Å². The van der Waals surface area contributed by atoms with E-state index in [4.69, 9.17) is 9.72 Å². The van der Waals surface area contributed by atoms with Crippen LogP contribution < -0.4 is 0 Å². The molecule has 0 aliphatic heterocycles. The van der Waals surface area contributed by atoms with E-state index >= 15 is 0 Å². The first-order chi connectivity index (χ1) is 12.2. The van der Waals surface area contributed by atoms with Gasteiger partial charge in [-0.15, -0.1) is 0 Å². The molecule has 1 N–H and O–H groups in total. The van der Waals surface area contributed by atoms with Crippen LogP contribution in [0.4, 0.5) is 0 Å². The molecule has 0 aliphatic rings. The van der Waals surface area contributed by atoms with Gasteiger partial charge in [0, 0.05) is 26.0 Å². The molecule has 0 atom stereocenters. The molecule has 128 valence electrons. The molecule has 0 bridgehead atoms. The molecule has 0 fully saturated rings. The molecule has 0 aliphatic carbocycles. The maximum atomic E-state index is 5.17. The third-order valence-corrected chi connectivity index (χ3v) is 4.30. The summed E-state index contributed by atoms with van der Waals surface area (Å²) >= 11 is 0. The van der Waals surface area contributed by atoms with E-state index in [1.807, 2.05) is 34.5 Å². The van der Waals surface area contributed by atoms with Crippen molar-refractivity contribution in [3.05, 3.63) is 47.9 Å². The second-order valence-electron chi connectivity index (χ2n) is 6.00. The fraction of sp³-hybridized carbons (Fsp3) is 0.278. The van der Waals surface area contributed by atoms with Crippen LogP contribution in [0.3, 0.4) is 0 Å². The standard InChI is InChI=1S/C18H20N6O/c1-12-6-4-5-7-14(12)24-17-15(13(2)22-24)20-16(21-17)18-19-8-9-23(18)10-11-25-3/h4-9H,10-11H2,1-3H3,(H,20,21). The van der Waals surface area contributed by atoms with E-state index in [1.165, 1.54) is 0 Å². The topological polar surface area (TPSA) is 73.6 Å². The van der Waals surface area contributed by atoms with E-state index in [9.17, 15) is 0 Å². The van der Waals surface area contributed by atoms with Gasteiger partial charge in [-0.3, -0.25) is 0 Å². The number of imidazole rings is 2. The SMILES string of the molecule is COCCn1ccnc1-c1nc2c([nH]1)c(C)nn2-c1ccccc1C. The molecule has 7 heteroatoms. The third-order valence-electron chi connectivity index (χ3n) is 4.30. The van der Waals surface area contributed by atoms with Crippen LogP contribution in [0.5, 0.6) is 0 Å². The number of aromatic amines is 1. The van der Waals surface area contributed by atoms with Crippen LogP contribution in [0.1, 0.15) is 11.3 Å². The first-order valence-electron chi connectivity index (χ1n) is 8.21. The number of H-pyrrole nitrogens is 1. The summed E-state index contributed by atoms with van der Waals surface area (Å²) in [6.07, 6.45) is 3.71. The van der Waals surface area contributed by atoms with Crippen molar-refractivity contribution in [3.63, 3.8) is 0 Å². The van der Waals surface area contributed by atoms with Crippen LogP contribution in [-0.4, -0.2) is 43.0 Å². The van der Waals surface area contributed by atoms with E-state index < -0.39 is 0 Å². The normalized spacial score (nSPS) is 11.5. The number of hydrogen-bond donors (Lipinski definition) is 1. The van der Waals surface area contributed by atoms with Crippen molar-refractivity contribution in [2.45, 2.75) is 20.4 Å². The van der Waals surface area contributed by atoms with Crippen LogP contribution in [0.25, 0.3) is 28.5 Å². The van der Waals surface area contributed by atoms with Crippen molar-refractivity contribution in [1.82, 2.24) is 29.3 Å². The van der Waals surface area contributed by atoms with Crippen molar-refractivity contribution in [1.29, 1.82) is 0 Å². The lowest BCUT2D eigenvalue weighted by Gasteiger charge is -2.06. The number of aromatic nitrogens is 6. The Bertz CT molecular complexity index is 1030. The lowest BCUT2D eigenvalue weighted by Crippen LogP contribution is -2.06. The van der Waals surface area contributed by atoms with Gasteiger partial charge in [-0.1, -0.05) is 18.2 Å². The van der Waals surface area contributed by atoms with Crippen molar-refractivity contribution < 1.29 is 4.74 Å². The predicted molar refractivity (Wildman–Crippen MR) is 95.8 cm³/mol. The highest BCUT2D eigenvalue weighted by Crippen LogP contribution is 2.25. The summed E-state index contributed by atoms with van der Waals surface area (Å²) < 4.78 is 9.09. The molecular formula is C18H20N6O. The minimum atomic E-state index is 0.625. The number of ether oxygens (including phenoxy) is 1. The molecule has 0 radical (unpaired) electrons. The summed E-state index contributed by atoms with van der Waals surface area (Å²) in [5.74, 6) is 1.53. The summed E-state index contributed by atoms with van der Waals surface area (Å²) in [4.78, 5) is 12.6. The number of nitrogens with one attached hydrogen (secondary N) is 1. The molecule has 25 heavy (non-hydrogen) atoms. The second-order valence-corrected chi connectivity index (χ2v) is 6.00. The van der Waals surface area contributed by atoms with Crippen LogP contribution >= 0.6 is 0 Å². The fourth-order valence-electron chi connectivity index (χ4n) is 2.99. The fourth-order valence-corrected chi connectivity index (χ4v) is 2.99. The third kappa shape index (κ3) is 2.62. The Hall–Kier alpha value is -2.93. The summed E-state index contributed by atoms with van der Waals surface area (Å²) in [5.41, 5.74) is 4.83. The quantitative estimate of drug-likeness (QED) is 0.608. The molecule has 0 spiro atoms. The van der Waals surface area contributed by atoms with Crippen LogP contribution in [0.15, 0.2) is 36.7 Å². The van der Waals surface area contributed by atoms with Crippen molar-refractivity contribution in [3.8, 4) is 17.3 Å². The van der Waals surface area contributed by atoms with Crippen LogP contribution in [0, 0.1) is 13.8 Å². The molecule has 7 nitrogen and oxygen atoms in total. The number of methoxy groups -OCH3 is 1. The summed E-state index contributed by atoms with van der Waals surface area (Å²) in [6, 6.07) is 8.16. The number of aryl methyl sites for hydroxylation is 2. The van der Waals surface area contributed by atoms with Gasteiger partial charge in [-0.25, -0.2) is 14.6 Å². The molecule has 3 aromatic heterocycles. The van der Waals surface area contributed by atoms with Gasteiger partial charge in [0.2, 0.25) is 0 Å². The van der Waals surface area contributed by atoms with Gasteiger partial charge in [-0.2, -0.15) is 5.10 Å². The minimum Gasteiger partial charge on any atom is -0.383 e. The van der Waals surface area contributed by atoms with Gasteiger partial charge >= 0.3 is 0 Å². The monoisotopic (exact) mass is 336 g/mol. The Morgan fingerprint density at radius 1 is 1.20 bits per heavy atom. The van der Waals surface area contributed by atoms with Gasteiger partial charge in [-0.05, 0) is 25.5 Å². The zero-order valence-electron chi connectivity index (χ0n) is 14.5. The van der Waals surface area contributed by atoms with E-state index in [0.717, 1.165) is 46.3 Å². The molecule has 4 rings (SSSR count). The minimum absolute atomic E-state index is 0.625. The van der Waals surface area contributed by atoms with Crippen molar-refractivity contribution in [2.75, 3.05) is 13.7 Å². The van der Waals surface area contributed by atoms with Crippen molar-refractivity contribution >= 4 is 11.2 Å².